The fraction of sp³-hybridized carbons (Fsp3) is 0.429. The second kappa shape index (κ2) is 4.29. The van der Waals surface area contributed by atoms with Gasteiger partial charge < -0.3 is 9.87 Å². The number of nitrogens with zero attached hydrogens (tertiary/aromatic N) is 4. The van der Waals surface area contributed by atoms with Gasteiger partial charge in [0, 0.05) is 28.3 Å². The van der Waals surface area contributed by atoms with E-state index < -0.39 is 11.2 Å². The third-order valence-electron chi connectivity index (χ3n) is 4.34. The summed E-state index contributed by atoms with van der Waals surface area (Å²) in [6.07, 6.45) is 6.63. The summed E-state index contributed by atoms with van der Waals surface area (Å²) in [7, 11) is 0. The van der Waals surface area contributed by atoms with Crippen molar-refractivity contribution >= 4 is 27.9 Å². The van der Waals surface area contributed by atoms with Gasteiger partial charge in [-0.15, -0.1) is 0 Å². The van der Waals surface area contributed by atoms with Gasteiger partial charge in [0.2, 0.25) is 0 Å². The Bertz CT molecular complexity index is 768. The zero-order chi connectivity index (χ0) is 14.6. The second-order valence-electron chi connectivity index (χ2n) is 5.90. The van der Waals surface area contributed by atoms with E-state index in [0.717, 1.165) is 30.6 Å². The summed E-state index contributed by atoms with van der Waals surface area (Å²) in [6.45, 7) is 0. The van der Waals surface area contributed by atoms with E-state index in [4.69, 9.17) is 5.26 Å². The van der Waals surface area contributed by atoms with E-state index in [1.54, 1.807) is 18.5 Å². The molecular formula is C14H13N5OS. The first-order valence-corrected chi connectivity index (χ1v) is 8.34. The highest BCUT2D eigenvalue weighted by Gasteiger charge is 2.56. The quantitative estimate of drug-likeness (QED) is 0.683. The van der Waals surface area contributed by atoms with E-state index >= 15 is 0 Å². The molecule has 3 saturated carbocycles. The van der Waals surface area contributed by atoms with Crippen LogP contribution in [0.1, 0.15) is 25.0 Å². The van der Waals surface area contributed by atoms with Crippen molar-refractivity contribution in [1.29, 1.82) is 5.26 Å². The Hall–Kier alpha value is -1.91. The van der Waals surface area contributed by atoms with Gasteiger partial charge in [-0.05, 0) is 31.2 Å². The van der Waals surface area contributed by atoms with Crippen molar-refractivity contribution in [2.75, 3.05) is 11.6 Å². The molecule has 5 rings (SSSR count). The van der Waals surface area contributed by atoms with Crippen LogP contribution >= 0.6 is 0 Å². The molecule has 0 amide bonds. The average Bonchev–Trinajstić information content (AvgIpc) is 2.40. The predicted molar refractivity (Wildman–Crippen MR) is 78.1 cm³/mol. The Morgan fingerprint density at radius 2 is 2.19 bits per heavy atom. The van der Waals surface area contributed by atoms with Crippen LogP contribution in [0.5, 0.6) is 0 Å². The largest absolute Gasteiger partial charge is 0.609 e. The smallest absolute Gasteiger partial charge is 0.343 e. The fourth-order valence-corrected chi connectivity index (χ4v) is 3.61. The molecular weight excluding hydrogens is 286 g/mol. The van der Waals surface area contributed by atoms with Crippen LogP contribution in [-0.4, -0.2) is 31.3 Å². The Morgan fingerprint density at radius 1 is 1.43 bits per heavy atom. The molecule has 0 aliphatic heterocycles. The predicted octanol–water partition coefficient (Wildman–Crippen LogP) is 1.60. The Morgan fingerprint density at radius 3 is 2.76 bits per heavy atom. The number of nitrogens with one attached hydrogen (secondary N) is 1. The van der Waals surface area contributed by atoms with Gasteiger partial charge in [-0.3, -0.25) is 0 Å². The standard InChI is InChI=1S/C14H13N5OS/c1-21(20)13-16-7-9-2-10(6-15)17-12(11(9)18-13)19-14-3-8(4-14)5-14/h2,7-8H,3-5H2,1H3,(H,17,19). The van der Waals surface area contributed by atoms with Gasteiger partial charge >= 0.3 is 5.16 Å². The Labute approximate surface area is 124 Å². The summed E-state index contributed by atoms with van der Waals surface area (Å²) in [6, 6.07) is 3.72. The normalized spacial score (nSPS) is 27.4. The minimum Gasteiger partial charge on any atom is -0.609 e. The molecule has 0 radical (unpaired) electrons. The van der Waals surface area contributed by atoms with Crippen molar-refractivity contribution in [2.45, 2.75) is 30.0 Å². The van der Waals surface area contributed by atoms with E-state index in [-0.39, 0.29) is 10.7 Å². The molecule has 21 heavy (non-hydrogen) atoms. The number of aromatic nitrogens is 3. The zero-order valence-corrected chi connectivity index (χ0v) is 12.3. The zero-order valence-electron chi connectivity index (χ0n) is 11.5. The first kappa shape index (κ1) is 12.8. The summed E-state index contributed by atoms with van der Waals surface area (Å²) < 4.78 is 11.6. The van der Waals surface area contributed by atoms with E-state index in [9.17, 15) is 4.55 Å². The molecule has 0 aromatic carbocycles. The average molecular weight is 299 g/mol. The molecule has 6 nitrogen and oxygen atoms in total. The molecule has 3 aliphatic carbocycles. The van der Waals surface area contributed by atoms with Crippen LogP contribution in [-0.2, 0) is 11.2 Å². The van der Waals surface area contributed by atoms with E-state index in [0.29, 0.717) is 17.0 Å². The molecule has 0 spiro atoms. The van der Waals surface area contributed by atoms with Crippen LogP contribution < -0.4 is 5.32 Å². The highest BCUT2D eigenvalue weighted by Crippen LogP contribution is 2.58. The molecule has 2 aromatic rings. The number of nitriles is 1. The lowest BCUT2D eigenvalue weighted by Crippen LogP contribution is -2.63. The molecule has 1 unspecified atom stereocenters. The summed E-state index contributed by atoms with van der Waals surface area (Å²) in [5, 5.41) is 13.6. The molecule has 2 aromatic heterocycles. The molecule has 3 aliphatic rings. The maximum atomic E-state index is 11.6. The van der Waals surface area contributed by atoms with Gasteiger partial charge in [-0.25, -0.2) is 4.98 Å². The van der Waals surface area contributed by atoms with Crippen LogP contribution in [0.15, 0.2) is 17.4 Å². The SMILES string of the molecule is C[S+]([O-])c1ncc2cc(C#N)nc(NC34CC(C3)C4)c2n1. The fourth-order valence-electron chi connectivity index (χ4n) is 3.19. The third-order valence-corrected chi connectivity index (χ3v) is 5.05. The number of hydrogen-bond donors (Lipinski definition) is 1. The van der Waals surface area contributed by atoms with Crippen LogP contribution in [0.25, 0.3) is 10.9 Å². The van der Waals surface area contributed by atoms with Gasteiger partial charge in [0.05, 0.1) is 0 Å². The molecule has 2 heterocycles. The Balaban J connectivity index is 1.84. The highest BCUT2D eigenvalue weighted by atomic mass is 32.2. The van der Waals surface area contributed by atoms with Gasteiger partial charge in [-0.2, -0.15) is 15.2 Å². The lowest BCUT2D eigenvalue weighted by molar-refractivity contribution is 0.00191. The topological polar surface area (TPSA) is 97.5 Å². The van der Waals surface area contributed by atoms with Crippen molar-refractivity contribution in [2.24, 2.45) is 5.92 Å². The van der Waals surface area contributed by atoms with Crippen LogP contribution in [0.2, 0.25) is 0 Å². The monoisotopic (exact) mass is 299 g/mol. The molecule has 2 bridgehead atoms. The molecule has 106 valence electrons. The molecule has 0 saturated heterocycles. The maximum absolute atomic E-state index is 11.6. The van der Waals surface area contributed by atoms with E-state index in [1.807, 2.05) is 0 Å². The minimum atomic E-state index is -1.24. The summed E-state index contributed by atoms with van der Waals surface area (Å²) in [5.41, 5.74) is 1.11. The number of anilines is 1. The first-order valence-electron chi connectivity index (χ1n) is 6.78. The molecule has 1 atom stereocenters. The molecule has 3 fully saturated rings. The lowest BCUT2D eigenvalue weighted by Gasteiger charge is -2.62. The van der Waals surface area contributed by atoms with Crippen molar-refractivity contribution in [3.8, 4) is 6.07 Å². The van der Waals surface area contributed by atoms with E-state index in [2.05, 4.69) is 26.3 Å². The van der Waals surface area contributed by atoms with Crippen molar-refractivity contribution < 1.29 is 4.55 Å². The maximum Gasteiger partial charge on any atom is 0.343 e. The van der Waals surface area contributed by atoms with Gasteiger partial charge in [0.25, 0.3) is 0 Å². The van der Waals surface area contributed by atoms with Crippen molar-refractivity contribution in [3.63, 3.8) is 0 Å². The second-order valence-corrected chi connectivity index (χ2v) is 7.17. The van der Waals surface area contributed by atoms with Crippen molar-refractivity contribution in [3.05, 3.63) is 18.0 Å². The molecule has 7 heteroatoms. The minimum absolute atomic E-state index is 0.134. The number of rotatable bonds is 3. The van der Waals surface area contributed by atoms with Gasteiger partial charge in [-0.1, -0.05) is 0 Å². The summed E-state index contributed by atoms with van der Waals surface area (Å²) in [4.78, 5) is 12.8. The number of hydrogen-bond acceptors (Lipinski definition) is 6. The summed E-state index contributed by atoms with van der Waals surface area (Å²) in [5.74, 6) is 1.45. The van der Waals surface area contributed by atoms with Gasteiger partial charge in [0.1, 0.15) is 23.5 Å². The number of pyridine rings is 1. The van der Waals surface area contributed by atoms with Crippen LogP contribution in [0.4, 0.5) is 5.82 Å². The first-order chi connectivity index (χ1) is 10.1. The van der Waals surface area contributed by atoms with E-state index in [1.165, 1.54) is 0 Å². The van der Waals surface area contributed by atoms with Gasteiger partial charge in [0.15, 0.2) is 5.82 Å². The summed E-state index contributed by atoms with van der Waals surface area (Å²) >= 11 is -1.24. The van der Waals surface area contributed by atoms with Crippen LogP contribution in [0, 0.1) is 17.2 Å². The van der Waals surface area contributed by atoms with Crippen molar-refractivity contribution in [1.82, 2.24) is 15.0 Å². The van der Waals surface area contributed by atoms with Crippen LogP contribution in [0.3, 0.4) is 0 Å². The Kier molecular flexibility index (Phi) is 2.62. The lowest BCUT2D eigenvalue weighted by atomic mass is 9.50. The molecule has 1 N–H and O–H groups in total. The highest BCUT2D eigenvalue weighted by molar-refractivity contribution is 7.90. The number of fused-ring (bicyclic) bond motifs is 1. The third kappa shape index (κ3) is 1.94.